The second-order valence-electron chi connectivity index (χ2n) is 5.68. The molecular weight excluding hydrogens is 306 g/mol. The van der Waals surface area contributed by atoms with Crippen LogP contribution in [0.4, 0.5) is 0 Å². The van der Waals surface area contributed by atoms with Crippen LogP contribution in [0.1, 0.15) is 34.3 Å². The van der Waals surface area contributed by atoms with Crippen molar-refractivity contribution in [1.29, 1.82) is 0 Å². The van der Waals surface area contributed by atoms with Gasteiger partial charge in [-0.2, -0.15) is 0 Å². The van der Waals surface area contributed by atoms with Crippen molar-refractivity contribution in [2.75, 3.05) is 0 Å². The van der Waals surface area contributed by atoms with Gasteiger partial charge in [0.15, 0.2) is 5.78 Å². The lowest BCUT2D eigenvalue weighted by Gasteiger charge is -2.07. The van der Waals surface area contributed by atoms with E-state index in [1.54, 1.807) is 6.20 Å². The Bertz CT molecular complexity index is 924. The van der Waals surface area contributed by atoms with Crippen molar-refractivity contribution in [2.24, 2.45) is 0 Å². The molecule has 1 unspecified atom stereocenters. The minimum atomic E-state index is 0. The van der Waals surface area contributed by atoms with Crippen LogP contribution >= 0.6 is 12.4 Å². The van der Waals surface area contributed by atoms with Crippen molar-refractivity contribution < 1.29 is 4.79 Å². The van der Waals surface area contributed by atoms with E-state index >= 15 is 0 Å². The molecule has 3 aromatic rings. The van der Waals surface area contributed by atoms with Crippen LogP contribution in [-0.2, 0) is 0 Å². The number of carbonyl (C=O) groups is 1. The fourth-order valence-corrected chi connectivity index (χ4v) is 3.23. The molecule has 1 atom stereocenters. The molecule has 0 saturated carbocycles. The Kier molecular flexibility index (Phi) is 4.01. The van der Waals surface area contributed by atoms with Crippen molar-refractivity contribution in [2.45, 2.75) is 12.8 Å². The molecule has 0 saturated heterocycles. The second-order valence-corrected chi connectivity index (χ2v) is 5.68. The lowest BCUT2D eigenvalue weighted by Crippen LogP contribution is -1.97. The standard InChI is InChI=1S/C20H15NO.ClH/c1-13-16-7-2-3-8-18(16)20(22)19(13)11-14-5-4-6-15-12-21-10-9-17(14)15;/h2-13H,1H3;1H/b19-11+;. The Morgan fingerprint density at radius 3 is 2.70 bits per heavy atom. The lowest BCUT2D eigenvalue weighted by molar-refractivity contribution is 0.103. The molecule has 3 heteroatoms. The van der Waals surface area contributed by atoms with Crippen LogP contribution in [0.2, 0.25) is 0 Å². The number of benzene rings is 2. The number of carbonyl (C=O) groups excluding carboxylic acids is 1. The third kappa shape index (κ3) is 2.45. The summed E-state index contributed by atoms with van der Waals surface area (Å²) in [7, 11) is 0. The van der Waals surface area contributed by atoms with Gasteiger partial charge in [0.05, 0.1) is 0 Å². The zero-order chi connectivity index (χ0) is 15.1. The maximum Gasteiger partial charge on any atom is 0.189 e. The molecule has 0 aliphatic heterocycles. The molecule has 0 bridgehead atoms. The third-order valence-electron chi connectivity index (χ3n) is 4.43. The number of nitrogens with zero attached hydrogens (tertiary/aromatic N) is 1. The third-order valence-corrected chi connectivity index (χ3v) is 4.43. The number of fused-ring (bicyclic) bond motifs is 2. The Morgan fingerprint density at radius 2 is 1.87 bits per heavy atom. The van der Waals surface area contributed by atoms with Crippen LogP contribution in [0.25, 0.3) is 16.8 Å². The number of pyridine rings is 1. The van der Waals surface area contributed by atoms with Crippen LogP contribution in [0.15, 0.2) is 66.5 Å². The molecule has 23 heavy (non-hydrogen) atoms. The van der Waals surface area contributed by atoms with Gasteiger partial charge >= 0.3 is 0 Å². The van der Waals surface area contributed by atoms with E-state index in [0.29, 0.717) is 0 Å². The largest absolute Gasteiger partial charge is 0.289 e. The maximum atomic E-state index is 12.7. The highest BCUT2D eigenvalue weighted by molar-refractivity contribution is 6.17. The van der Waals surface area contributed by atoms with Gasteiger partial charge in [0.25, 0.3) is 0 Å². The number of rotatable bonds is 1. The van der Waals surface area contributed by atoms with Gasteiger partial charge in [0.2, 0.25) is 0 Å². The number of Topliss-reactive ketones (excluding diaryl/α,β-unsaturated/α-hetero) is 1. The average molecular weight is 322 g/mol. The molecule has 1 aliphatic rings. The van der Waals surface area contributed by atoms with Crippen LogP contribution in [-0.4, -0.2) is 10.8 Å². The Hall–Kier alpha value is -2.45. The first kappa shape index (κ1) is 15.4. The van der Waals surface area contributed by atoms with Crippen LogP contribution in [0, 0.1) is 0 Å². The van der Waals surface area contributed by atoms with Crippen LogP contribution in [0.5, 0.6) is 0 Å². The quantitative estimate of drug-likeness (QED) is 0.588. The van der Waals surface area contributed by atoms with Gasteiger partial charge < -0.3 is 0 Å². The smallest absolute Gasteiger partial charge is 0.189 e. The molecule has 114 valence electrons. The summed E-state index contributed by atoms with van der Waals surface area (Å²) in [5.41, 5.74) is 3.90. The number of ketones is 1. The lowest BCUT2D eigenvalue weighted by atomic mass is 9.96. The first-order valence-electron chi connectivity index (χ1n) is 7.43. The zero-order valence-corrected chi connectivity index (χ0v) is 13.5. The summed E-state index contributed by atoms with van der Waals surface area (Å²) < 4.78 is 0. The molecule has 1 aromatic heterocycles. The molecule has 0 radical (unpaired) electrons. The molecule has 1 aliphatic carbocycles. The molecule has 1 heterocycles. The van der Waals surface area contributed by atoms with E-state index in [1.165, 1.54) is 0 Å². The first-order valence-corrected chi connectivity index (χ1v) is 7.43. The van der Waals surface area contributed by atoms with Crippen molar-refractivity contribution in [3.8, 4) is 0 Å². The molecule has 0 spiro atoms. The molecule has 0 N–H and O–H groups in total. The van der Waals surface area contributed by atoms with Gasteiger partial charge in [-0.05, 0) is 28.7 Å². The van der Waals surface area contributed by atoms with E-state index in [1.807, 2.05) is 54.7 Å². The monoisotopic (exact) mass is 321 g/mol. The van der Waals surface area contributed by atoms with E-state index in [9.17, 15) is 4.79 Å². The zero-order valence-electron chi connectivity index (χ0n) is 12.7. The maximum absolute atomic E-state index is 12.7. The predicted molar refractivity (Wildman–Crippen MR) is 96.2 cm³/mol. The Balaban J connectivity index is 0.00000156. The fraction of sp³-hybridized carbons (Fsp3) is 0.100. The topological polar surface area (TPSA) is 30.0 Å². The molecule has 0 amide bonds. The second kappa shape index (κ2) is 5.98. The number of allylic oxidation sites excluding steroid dienone is 1. The van der Waals surface area contributed by atoms with E-state index in [-0.39, 0.29) is 24.1 Å². The van der Waals surface area contributed by atoms with Crippen LogP contribution in [0.3, 0.4) is 0 Å². The molecule has 2 aromatic carbocycles. The highest BCUT2D eigenvalue weighted by atomic mass is 35.5. The van der Waals surface area contributed by atoms with Gasteiger partial charge in [-0.15, -0.1) is 12.4 Å². The number of hydrogen-bond donors (Lipinski definition) is 0. The summed E-state index contributed by atoms with van der Waals surface area (Å²) in [5, 5.41) is 2.22. The van der Waals surface area contributed by atoms with Gasteiger partial charge in [0, 0.05) is 34.8 Å². The molecule has 2 nitrogen and oxygen atoms in total. The first-order chi connectivity index (χ1) is 10.8. The van der Waals surface area contributed by atoms with Gasteiger partial charge in [0.1, 0.15) is 0 Å². The summed E-state index contributed by atoms with van der Waals surface area (Å²) in [6.45, 7) is 2.10. The Morgan fingerprint density at radius 1 is 1.04 bits per heavy atom. The van der Waals surface area contributed by atoms with E-state index in [2.05, 4.69) is 18.0 Å². The highest BCUT2D eigenvalue weighted by Crippen LogP contribution is 2.38. The normalized spacial score (nSPS) is 18.0. The fourth-order valence-electron chi connectivity index (χ4n) is 3.23. The van der Waals surface area contributed by atoms with Crippen molar-refractivity contribution in [3.63, 3.8) is 0 Å². The Labute approximate surface area is 141 Å². The predicted octanol–water partition coefficient (Wildman–Crippen LogP) is 5.04. The van der Waals surface area contributed by atoms with Crippen LogP contribution < -0.4 is 0 Å². The van der Waals surface area contributed by atoms with Gasteiger partial charge in [-0.25, -0.2) is 0 Å². The summed E-state index contributed by atoms with van der Waals surface area (Å²) in [6, 6.07) is 16.0. The van der Waals surface area contributed by atoms with Crippen molar-refractivity contribution in [3.05, 3.63) is 83.2 Å². The summed E-state index contributed by atoms with van der Waals surface area (Å²) in [6.07, 6.45) is 5.68. The molecular formula is C20H16ClNO. The van der Waals surface area contributed by atoms with Crippen molar-refractivity contribution >= 4 is 35.0 Å². The van der Waals surface area contributed by atoms with Crippen molar-refractivity contribution in [1.82, 2.24) is 4.98 Å². The van der Waals surface area contributed by atoms with Gasteiger partial charge in [-0.1, -0.05) is 49.4 Å². The van der Waals surface area contributed by atoms with Gasteiger partial charge in [-0.3, -0.25) is 9.78 Å². The SMILES string of the molecule is CC1/C(=C\c2cccc3cnccc23)C(=O)c2ccccc21.Cl. The highest BCUT2D eigenvalue weighted by Gasteiger charge is 2.30. The number of aromatic nitrogens is 1. The van der Waals surface area contributed by atoms with E-state index < -0.39 is 0 Å². The minimum Gasteiger partial charge on any atom is -0.289 e. The molecule has 4 rings (SSSR count). The van der Waals surface area contributed by atoms with E-state index in [0.717, 1.165) is 33.0 Å². The average Bonchev–Trinajstić information content (AvgIpc) is 2.81. The minimum absolute atomic E-state index is 0. The number of halogens is 1. The summed E-state index contributed by atoms with van der Waals surface area (Å²) in [4.78, 5) is 16.8. The number of hydrogen-bond acceptors (Lipinski definition) is 2. The van der Waals surface area contributed by atoms with E-state index in [4.69, 9.17) is 0 Å². The molecule has 0 fully saturated rings. The summed E-state index contributed by atoms with van der Waals surface area (Å²) in [5.74, 6) is 0.287. The summed E-state index contributed by atoms with van der Waals surface area (Å²) >= 11 is 0.